The molecule has 13 heavy (non-hydrogen) atoms. The maximum atomic E-state index is 11.1. The van der Waals surface area contributed by atoms with Gasteiger partial charge < -0.3 is 10.5 Å². The average Bonchev–Trinajstić information content (AvgIpc) is 2.17. The molecule has 0 aromatic carbocycles. The van der Waals surface area contributed by atoms with E-state index >= 15 is 0 Å². The van der Waals surface area contributed by atoms with Crippen LogP contribution in [0.15, 0.2) is 6.20 Å². The molecule has 5 heteroatoms. The molecule has 1 aromatic heterocycles. The SMILES string of the molecule is CCc1ncc(N)c(C(=O)OC)n1. The van der Waals surface area contributed by atoms with Crippen molar-refractivity contribution in [2.24, 2.45) is 0 Å². The third kappa shape index (κ3) is 1.93. The van der Waals surface area contributed by atoms with Gasteiger partial charge in [0.25, 0.3) is 0 Å². The summed E-state index contributed by atoms with van der Waals surface area (Å²) in [6.45, 7) is 1.90. The first-order valence-electron chi connectivity index (χ1n) is 3.88. The molecule has 0 amide bonds. The Balaban J connectivity index is 3.11. The molecule has 0 atom stereocenters. The number of ether oxygens (including phenoxy) is 1. The van der Waals surface area contributed by atoms with Crippen molar-refractivity contribution in [1.82, 2.24) is 9.97 Å². The van der Waals surface area contributed by atoms with E-state index in [1.807, 2.05) is 6.92 Å². The summed E-state index contributed by atoms with van der Waals surface area (Å²) >= 11 is 0. The summed E-state index contributed by atoms with van der Waals surface area (Å²) in [5.41, 5.74) is 5.87. The smallest absolute Gasteiger partial charge is 0.358 e. The standard InChI is InChI=1S/C8H11N3O2/c1-3-6-10-4-5(9)7(11-6)8(12)13-2/h4H,3,9H2,1-2H3. The fourth-order valence-electron chi connectivity index (χ4n) is 0.858. The number of nitrogens with zero attached hydrogens (tertiary/aromatic N) is 2. The van der Waals surface area contributed by atoms with Gasteiger partial charge >= 0.3 is 5.97 Å². The number of aromatic nitrogens is 2. The van der Waals surface area contributed by atoms with Crippen LogP contribution in [-0.2, 0) is 11.2 Å². The quantitative estimate of drug-likeness (QED) is 0.668. The molecule has 0 radical (unpaired) electrons. The van der Waals surface area contributed by atoms with Gasteiger partial charge in [-0.1, -0.05) is 6.92 Å². The van der Waals surface area contributed by atoms with Crippen LogP contribution in [0.2, 0.25) is 0 Å². The van der Waals surface area contributed by atoms with Gasteiger partial charge in [0.1, 0.15) is 5.82 Å². The van der Waals surface area contributed by atoms with Gasteiger partial charge in [-0.2, -0.15) is 0 Å². The number of rotatable bonds is 2. The zero-order chi connectivity index (χ0) is 9.84. The highest BCUT2D eigenvalue weighted by molar-refractivity contribution is 5.92. The molecule has 5 nitrogen and oxygen atoms in total. The monoisotopic (exact) mass is 181 g/mol. The Bertz CT molecular complexity index is 325. The van der Waals surface area contributed by atoms with Crippen molar-refractivity contribution < 1.29 is 9.53 Å². The minimum absolute atomic E-state index is 0.134. The molecule has 0 aliphatic heterocycles. The molecule has 2 N–H and O–H groups in total. The number of aryl methyl sites for hydroxylation is 1. The molecule has 0 aliphatic rings. The number of carbonyl (C=O) groups is 1. The number of anilines is 1. The highest BCUT2D eigenvalue weighted by Gasteiger charge is 2.12. The predicted molar refractivity (Wildman–Crippen MR) is 47.2 cm³/mol. The maximum Gasteiger partial charge on any atom is 0.358 e. The summed E-state index contributed by atoms with van der Waals surface area (Å²) in [6.07, 6.45) is 2.07. The Morgan fingerprint density at radius 1 is 1.69 bits per heavy atom. The number of hydrogen-bond donors (Lipinski definition) is 1. The number of esters is 1. The fraction of sp³-hybridized carbons (Fsp3) is 0.375. The van der Waals surface area contributed by atoms with E-state index in [4.69, 9.17) is 5.73 Å². The van der Waals surface area contributed by atoms with E-state index in [0.29, 0.717) is 12.2 Å². The van der Waals surface area contributed by atoms with E-state index in [0.717, 1.165) is 0 Å². The molecule has 0 aliphatic carbocycles. The normalized spacial score (nSPS) is 9.69. The topological polar surface area (TPSA) is 78.1 Å². The zero-order valence-corrected chi connectivity index (χ0v) is 7.57. The minimum Gasteiger partial charge on any atom is -0.464 e. The van der Waals surface area contributed by atoms with Crippen molar-refractivity contribution in [2.75, 3.05) is 12.8 Å². The Morgan fingerprint density at radius 2 is 2.38 bits per heavy atom. The van der Waals surface area contributed by atoms with E-state index in [2.05, 4.69) is 14.7 Å². The van der Waals surface area contributed by atoms with Gasteiger partial charge in [-0.15, -0.1) is 0 Å². The molecule has 0 saturated carbocycles. The second-order valence-electron chi connectivity index (χ2n) is 2.44. The Kier molecular flexibility index (Phi) is 2.79. The van der Waals surface area contributed by atoms with Gasteiger partial charge in [0.2, 0.25) is 0 Å². The van der Waals surface area contributed by atoms with Crippen LogP contribution >= 0.6 is 0 Å². The highest BCUT2D eigenvalue weighted by atomic mass is 16.5. The lowest BCUT2D eigenvalue weighted by atomic mass is 10.3. The largest absolute Gasteiger partial charge is 0.464 e. The van der Waals surface area contributed by atoms with Gasteiger partial charge in [0.15, 0.2) is 5.69 Å². The van der Waals surface area contributed by atoms with Crippen molar-refractivity contribution >= 4 is 11.7 Å². The van der Waals surface area contributed by atoms with E-state index in [1.54, 1.807) is 0 Å². The van der Waals surface area contributed by atoms with Crippen LogP contribution in [0.3, 0.4) is 0 Å². The van der Waals surface area contributed by atoms with Crippen LogP contribution < -0.4 is 5.73 Å². The second kappa shape index (κ2) is 3.84. The van der Waals surface area contributed by atoms with Crippen molar-refractivity contribution in [2.45, 2.75) is 13.3 Å². The van der Waals surface area contributed by atoms with Crippen LogP contribution in [0.5, 0.6) is 0 Å². The van der Waals surface area contributed by atoms with Crippen molar-refractivity contribution in [3.05, 3.63) is 17.7 Å². The number of nitrogen functional groups attached to an aromatic ring is 1. The van der Waals surface area contributed by atoms with Crippen LogP contribution in [0.25, 0.3) is 0 Å². The first-order chi connectivity index (χ1) is 6.19. The first-order valence-corrected chi connectivity index (χ1v) is 3.88. The lowest BCUT2D eigenvalue weighted by Gasteiger charge is -2.03. The molecule has 0 fully saturated rings. The molecule has 0 saturated heterocycles. The summed E-state index contributed by atoms with van der Waals surface area (Å²) in [5, 5.41) is 0. The zero-order valence-electron chi connectivity index (χ0n) is 7.57. The van der Waals surface area contributed by atoms with Crippen LogP contribution in [0.1, 0.15) is 23.2 Å². The number of methoxy groups -OCH3 is 1. The molecule has 0 spiro atoms. The first kappa shape index (κ1) is 9.44. The van der Waals surface area contributed by atoms with E-state index in [9.17, 15) is 4.79 Å². The lowest BCUT2D eigenvalue weighted by molar-refractivity contribution is 0.0595. The van der Waals surface area contributed by atoms with Crippen LogP contribution in [0.4, 0.5) is 5.69 Å². The van der Waals surface area contributed by atoms with Gasteiger partial charge in [-0.3, -0.25) is 0 Å². The summed E-state index contributed by atoms with van der Waals surface area (Å²) in [6, 6.07) is 0. The van der Waals surface area contributed by atoms with Gasteiger partial charge in [-0.05, 0) is 0 Å². The third-order valence-electron chi connectivity index (χ3n) is 1.56. The molecule has 0 unspecified atom stereocenters. The average molecular weight is 181 g/mol. The van der Waals surface area contributed by atoms with Crippen LogP contribution in [-0.4, -0.2) is 23.0 Å². The van der Waals surface area contributed by atoms with Crippen molar-refractivity contribution in [1.29, 1.82) is 0 Å². The van der Waals surface area contributed by atoms with Crippen molar-refractivity contribution in [3.8, 4) is 0 Å². The van der Waals surface area contributed by atoms with E-state index in [1.165, 1.54) is 13.3 Å². The van der Waals surface area contributed by atoms with Gasteiger partial charge in [-0.25, -0.2) is 14.8 Å². The van der Waals surface area contributed by atoms with Crippen molar-refractivity contribution in [3.63, 3.8) is 0 Å². The molecular formula is C8H11N3O2. The maximum absolute atomic E-state index is 11.1. The number of nitrogens with two attached hydrogens (primary N) is 1. The summed E-state index contributed by atoms with van der Waals surface area (Å²) in [4.78, 5) is 19.0. The predicted octanol–water partition coefficient (Wildman–Crippen LogP) is 0.408. The summed E-state index contributed by atoms with van der Waals surface area (Å²) in [7, 11) is 1.29. The fourth-order valence-corrected chi connectivity index (χ4v) is 0.858. The lowest BCUT2D eigenvalue weighted by Crippen LogP contribution is -2.11. The summed E-state index contributed by atoms with van der Waals surface area (Å²) < 4.78 is 4.51. The van der Waals surface area contributed by atoms with Crippen LogP contribution in [0, 0.1) is 0 Å². The highest BCUT2D eigenvalue weighted by Crippen LogP contribution is 2.08. The second-order valence-corrected chi connectivity index (χ2v) is 2.44. The number of hydrogen-bond acceptors (Lipinski definition) is 5. The molecular weight excluding hydrogens is 170 g/mol. The van der Waals surface area contributed by atoms with E-state index < -0.39 is 5.97 Å². The molecule has 1 heterocycles. The summed E-state index contributed by atoms with van der Waals surface area (Å²) in [5.74, 6) is 0.0456. The molecule has 70 valence electrons. The molecule has 1 aromatic rings. The molecule has 1 rings (SSSR count). The van der Waals surface area contributed by atoms with Gasteiger partial charge in [0, 0.05) is 6.42 Å². The Morgan fingerprint density at radius 3 is 2.92 bits per heavy atom. The third-order valence-corrected chi connectivity index (χ3v) is 1.56. The van der Waals surface area contributed by atoms with Gasteiger partial charge in [0.05, 0.1) is 19.0 Å². The number of carbonyl (C=O) groups excluding carboxylic acids is 1. The van der Waals surface area contributed by atoms with E-state index in [-0.39, 0.29) is 11.4 Å². The molecule has 0 bridgehead atoms. The minimum atomic E-state index is -0.533. The Labute approximate surface area is 75.9 Å². The Hall–Kier alpha value is -1.65.